The number of rotatable bonds is 4. The number of aryl methyl sites for hydroxylation is 2. The van der Waals surface area contributed by atoms with Crippen LogP contribution >= 0.6 is 22.9 Å². The Balaban J connectivity index is 2.07. The summed E-state index contributed by atoms with van der Waals surface area (Å²) >= 11 is 7.43. The SMILES string of the molecule is Cc1nn(C)c(CC(=O)Cc2csc(N)n2)c1Cl. The highest BCUT2D eigenvalue weighted by Crippen LogP contribution is 2.20. The van der Waals surface area contributed by atoms with Gasteiger partial charge in [0.1, 0.15) is 5.78 Å². The maximum Gasteiger partial charge on any atom is 0.180 e. The van der Waals surface area contributed by atoms with Gasteiger partial charge in [-0.2, -0.15) is 5.10 Å². The van der Waals surface area contributed by atoms with Crippen LogP contribution in [0.1, 0.15) is 17.1 Å². The van der Waals surface area contributed by atoms with Crippen molar-refractivity contribution in [1.29, 1.82) is 0 Å². The minimum Gasteiger partial charge on any atom is -0.375 e. The van der Waals surface area contributed by atoms with E-state index in [4.69, 9.17) is 17.3 Å². The molecule has 7 heteroatoms. The predicted molar refractivity (Wildman–Crippen MR) is 71.9 cm³/mol. The number of carbonyl (C=O) groups is 1. The van der Waals surface area contributed by atoms with Gasteiger partial charge >= 0.3 is 0 Å². The Hall–Kier alpha value is -1.40. The van der Waals surface area contributed by atoms with Gasteiger partial charge in [0.2, 0.25) is 0 Å². The molecule has 0 fully saturated rings. The number of thiazole rings is 1. The van der Waals surface area contributed by atoms with E-state index in [0.717, 1.165) is 11.4 Å². The van der Waals surface area contributed by atoms with Gasteiger partial charge < -0.3 is 5.73 Å². The van der Waals surface area contributed by atoms with E-state index in [1.54, 1.807) is 17.1 Å². The fraction of sp³-hybridized carbons (Fsp3) is 0.364. The maximum absolute atomic E-state index is 11.9. The molecule has 0 atom stereocenters. The Morgan fingerprint density at radius 1 is 1.56 bits per heavy atom. The first-order valence-electron chi connectivity index (χ1n) is 5.37. The Kier molecular flexibility index (Phi) is 3.68. The van der Waals surface area contributed by atoms with Gasteiger partial charge in [-0.15, -0.1) is 11.3 Å². The zero-order valence-electron chi connectivity index (χ0n) is 10.1. The van der Waals surface area contributed by atoms with E-state index in [9.17, 15) is 4.79 Å². The van der Waals surface area contributed by atoms with Crippen LogP contribution in [0.4, 0.5) is 5.13 Å². The summed E-state index contributed by atoms with van der Waals surface area (Å²) in [7, 11) is 1.78. The third-order valence-electron chi connectivity index (χ3n) is 2.57. The molecule has 0 aliphatic carbocycles. The predicted octanol–water partition coefficient (Wildman–Crippen LogP) is 1.77. The molecular weight excluding hydrogens is 272 g/mol. The highest BCUT2D eigenvalue weighted by molar-refractivity contribution is 7.13. The van der Waals surface area contributed by atoms with Crippen LogP contribution in [0.3, 0.4) is 0 Å². The quantitative estimate of drug-likeness (QED) is 0.929. The van der Waals surface area contributed by atoms with Crippen molar-refractivity contribution < 1.29 is 4.79 Å². The molecule has 96 valence electrons. The number of nitrogens with zero attached hydrogens (tertiary/aromatic N) is 3. The van der Waals surface area contributed by atoms with Crippen LogP contribution in [0, 0.1) is 6.92 Å². The molecule has 2 aromatic rings. The zero-order chi connectivity index (χ0) is 13.3. The minimum absolute atomic E-state index is 0.0465. The topological polar surface area (TPSA) is 73.8 Å². The van der Waals surface area contributed by atoms with Crippen molar-refractivity contribution in [2.24, 2.45) is 7.05 Å². The molecule has 0 aromatic carbocycles. The van der Waals surface area contributed by atoms with E-state index in [1.807, 2.05) is 6.92 Å². The summed E-state index contributed by atoms with van der Waals surface area (Å²) in [4.78, 5) is 16.0. The second-order valence-corrected chi connectivity index (χ2v) is 5.31. The number of halogens is 1. The molecule has 0 unspecified atom stereocenters. The Labute approximate surface area is 114 Å². The van der Waals surface area contributed by atoms with E-state index in [-0.39, 0.29) is 18.6 Å². The molecule has 0 spiro atoms. The number of hydrogen-bond acceptors (Lipinski definition) is 5. The molecule has 0 amide bonds. The van der Waals surface area contributed by atoms with Crippen molar-refractivity contribution in [1.82, 2.24) is 14.8 Å². The molecule has 0 aliphatic heterocycles. The first kappa shape index (κ1) is 13.0. The molecule has 0 aliphatic rings. The third-order valence-corrected chi connectivity index (χ3v) is 3.79. The smallest absolute Gasteiger partial charge is 0.180 e. The molecule has 0 saturated heterocycles. The Morgan fingerprint density at radius 3 is 2.78 bits per heavy atom. The maximum atomic E-state index is 11.9. The summed E-state index contributed by atoms with van der Waals surface area (Å²) in [6.07, 6.45) is 0.530. The average molecular weight is 285 g/mol. The van der Waals surface area contributed by atoms with Crippen molar-refractivity contribution >= 4 is 33.9 Å². The molecule has 2 N–H and O–H groups in total. The van der Waals surface area contributed by atoms with Crippen LogP contribution in [0.15, 0.2) is 5.38 Å². The summed E-state index contributed by atoms with van der Waals surface area (Å²) in [5.41, 5.74) is 7.70. The summed E-state index contributed by atoms with van der Waals surface area (Å²) < 4.78 is 1.64. The summed E-state index contributed by atoms with van der Waals surface area (Å²) in [6, 6.07) is 0. The molecule has 0 saturated carbocycles. The van der Waals surface area contributed by atoms with Gasteiger partial charge in [0, 0.05) is 12.4 Å². The van der Waals surface area contributed by atoms with Gasteiger partial charge in [0.15, 0.2) is 5.13 Å². The molecule has 2 rings (SSSR count). The zero-order valence-corrected chi connectivity index (χ0v) is 11.7. The fourth-order valence-electron chi connectivity index (χ4n) is 1.73. The van der Waals surface area contributed by atoms with Crippen LogP contribution in [0.25, 0.3) is 0 Å². The number of carbonyl (C=O) groups excluding carboxylic acids is 1. The summed E-state index contributed by atoms with van der Waals surface area (Å²) in [6.45, 7) is 1.82. The number of hydrogen-bond donors (Lipinski definition) is 1. The lowest BCUT2D eigenvalue weighted by atomic mass is 10.1. The lowest BCUT2D eigenvalue weighted by molar-refractivity contribution is -0.117. The molecule has 18 heavy (non-hydrogen) atoms. The van der Waals surface area contributed by atoms with Crippen LogP contribution < -0.4 is 5.73 Å². The number of nitrogen functional groups attached to an aromatic ring is 1. The molecular formula is C11H13ClN4OS. The molecule has 2 aromatic heterocycles. The van der Waals surface area contributed by atoms with E-state index in [0.29, 0.717) is 15.8 Å². The van der Waals surface area contributed by atoms with Gasteiger partial charge in [0.25, 0.3) is 0 Å². The van der Waals surface area contributed by atoms with Gasteiger partial charge in [-0.1, -0.05) is 11.6 Å². The first-order valence-corrected chi connectivity index (χ1v) is 6.62. The lowest BCUT2D eigenvalue weighted by Crippen LogP contribution is -2.10. The highest BCUT2D eigenvalue weighted by Gasteiger charge is 2.15. The van der Waals surface area contributed by atoms with E-state index in [1.165, 1.54) is 11.3 Å². The number of ketones is 1. The Morgan fingerprint density at radius 2 is 2.28 bits per heavy atom. The first-order chi connectivity index (χ1) is 8.47. The van der Waals surface area contributed by atoms with Crippen LogP contribution in [0.2, 0.25) is 5.02 Å². The largest absolute Gasteiger partial charge is 0.375 e. The number of anilines is 1. The normalized spacial score (nSPS) is 10.8. The minimum atomic E-state index is 0.0465. The second-order valence-electron chi connectivity index (χ2n) is 4.04. The van der Waals surface area contributed by atoms with Crippen LogP contribution in [-0.2, 0) is 24.7 Å². The van der Waals surface area contributed by atoms with Crippen LogP contribution in [-0.4, -0.2) is 20.5 Å². The van der Waals surface area contributed by atoms with Gasteiger partial charge in [-0.25, -0.2) is 4.98 Å². The fourth-order valence-corrected chi connectivity index (χ4v) is 2.52. The van der Waals surface area contributed by atoms with Crippen molar-refractivity contribution in [2.45, 2.75) is 19.8 Å². The van der Waals surface area contributed by atoms with E-state index >= 15 is 0 Å². The summed E-state index contributed by atoms with van der Waals surface area (Å²) in [5.74, 6) is 0.0465. The standard InChI is InChI=1S/C11H13ClN4OS/c1-6-10(12)9(16(2)15-6)4-8(17)3-7-5-18-11(13)14-7/h5H,3-4H2,1-2H3,(H2,13,14). The molecule has 5 nitrogen and oxygen atoms in total. The second kappa shape index (κ2) is 5.07. The van der Waals surface area contributed by atoms with Crippen LogP contribution in [0.5, 0.6) is 0 Å². The monoisotopic (exact) mass is 284 g/mol. The van der Waals surface area contributed by atoms with E-state index in [2.05, 4.69) is 10.1 Å². The van der Waals surface area contributed by atoms with Gasteiger partial charge in [-0.3, -0.25) is 9.48 Å². The summed E-state index contributed by atoms with van der Waals surface area (Å²) in [5, 5.41) is 7.01. The van der Waals surface area contributed by atoms with Crippen molar-refractivity contribution in [2.75, 3.05) is 5.73 Å². The Bertz CT molecular complexity index is 590. The number of aromatic nitrogens is 3. The van der Waals surface area contributed by atoms with Gasteiger partial charge in [-0.05, 0) is 6.92 Å². The van der Waals surface area contributed by atoms with Crippen molar-refractivity contribution in [3.63, 3.8) is 0 Å². The highest BCUT2D eigenvalue weighted by atomic mass is 35.5. The molecule has 0 bridgehead atoms. The third kappa shape index (κ3) is 2.70. The number of Topliss-reactive ketones (excluding diaryl/α,β-unsaturated/α-hetero) is 1. The number of nitrogens with two attached hydrogens (primary N) is 1. The van der Waals surface area contributed by atoms with E-state index < -0.39 is 0 Å². The average Bonchev–Trinajstić information content (AvgIpc) is 2.78. The van der Waals surface area contributed by atoms with Gasteiger partial charge in [0.05, 0.1) is 34.9 Å². The molecule has 0 radical (unpaired) electrons. The van der Waals surface area contributed by atoms with Crippen molar-refractivity contribution in [3.8, 4) is 0 Å². The van der Waals surface area contributed by atoms with Crippen molar-refractivity contribution in [3.05, 3.63) is 27.5 Å². The lowest BCUT2D eigenvalue weighted by Gasteiger charge is -2.01. The molecule has 2 heterocycles.